The van der Waals surface area contributed by atoms with E-state index in [1.807, 2.05) is 30.3 Å². The second-order valence-electron chi connectivity index (χ2n) is 7.86. The number of carboxylic acid groups (broad SMARTS) is 1. The highest BCUT2D eigenvalue weighted by molar-refractivity contribution is 7.99. The molecule has 196 valence electrons. The van der Waals surface area contributed by atoms with Gasteiger partial charge in [-0.2, -0.15) is 13.2 Å². The molecule has 7 nitrogen and oxygen atoms in total. The summed E-state index contributed by atoms with van der Waals surface area (Å²) in [6.07, 6.45) is -3.84. The minimum atomic E-state index is -4.66. The van der Waals surface area contributed by atoms with E-state index >= 15 is 0 Å². The van der Waals surface area contributed by atoms with E-state index in [1.165, 1.54) is 6.07 Å². The molecule has 2 aromatic rings. The van der Waals surface area contributed by atoms with Crippen LogP contribution in [-0.2, 0) is 31.7 Å². The van der Waals surface area contributed by atoms with Gasteiger partial charge in [0, 0.05) is 10.6 Å². The monoisotopic (exact) mass is 546 g/mol. The molecule has 1 unspecified atom stereocenters. The van der Waals surface area contributed by atoms with Crippen molar-refractivity contribution in [2.45, 2.75) is 42.9 Å². The summed E-state index contributed by atoms with van der Waals surface area (Å²) in [7, 11) is 0. The normalized spacial score (nSPS) is 16.4. The van der Waals surface area contributed by atoms with Crippen molar-refractivity contribution in [3.05, 3.63) is 59.7 Å². The Morgan fingerprint density at radius 3 is 2.53 bits per heavy atom. The number of fused-ring (bicyclic) bond motifs is 1. The number of carboxylic acids is 1. The van der Waals surface area contributed by atoms with Gasteiger partial charge in [-0.15, -0.1) is 24.2 Å². The third kappa shape index (κ3) is 7.62. The Morgan fingerprint density at radius 2 is 1.92 bits per heavy atom. The van der Waals surface area contributed by atoms with Crippen LogP contribution < -0.4 is 10.2 Å². The zero-order valence-corrected chi connectivity index (χ0v) is 20.9. The number of esters is 1. The summed E-state index contributed by atoms with van der Waals surface area (Å²) in [6, 6.07) is 10.4. The van der Waals surface area contributed by atoms with E-state index in [2.05, 4.69) is 5.32 Å². The topological polar surface area (TPSA) is 95.9 Å². The Bertz CT molecular complexity index is 1070. The lowest BCUT2D eigenvalue weighted by Crippen LogP contribution is -2.54. The second kappa shape index (κ2) is 13.0. The van der Waals surface area contributed by atoms with E-state index < -0.39 is 48.2 Å². The predicted molar refractivity (Wildman–Crippen MR) is 132 cm³/mol. The molecule has 1 amide bonds. The molecule has 12 heteroatoms. The maximum absolute atomic E-state index is 13.3. The second-order valence-corrected chi connectivity index (χ2v) is 8.92. The molecule has 0 bridgehead atoms. The van der Waals surface area contributed by atoms with Gasteiger partial charge >= 0.3 is 18.1 Å². The molecule has 0 saturated heterocycles. The SMILES string of the molecule is CCOC(=O)C(CCc1ccccc1)N[C@H]1CSc2ccc(C(F)(F)F)cc2N(CC(=O)O)C1=O.Cl. The molecule has 0 fully saturated rings. The molecular formula is C24H26ClF3N2O5S. The van der Waals surface area contributed by atoms with Gasteiger partial charge in [-0.3, -0.25) is 24.6 Å². The number of hydrogen-bond donors (Lipinski definition) is 2. The highest BCUT2D eigenvalue weighted by Crippen LogP contribution is 2.39. The fraction of sp³-hybridized carbons (Fsp3) is 0.375. The summed E-state index contributed by atoms with van der Waals surface area (Å²) in [5.41, 5.74) is -0.137. The summed E-state index contributed by atoms with van der Waals surface area (Å²) in [5, 5.41) is 12.3. The molecule has 2 N–H and O–H groups in total. The molecular weight excluding hydrogens is 521 g/mol. The number of nitrogens with zero attached hydrogens (tertiary/aromatic N) is 1. The molecule has 2 aromatic carbocycles. The Morgan fingerprint density at radius 1 is 1.22 bits per heavy atom. The number of anilines is 1. The number of ether oxygens (including phenoxy) is 1. The van der Waals surface area contributed by atoms with Crippen LogP contribution in [-0.4, -0.2) is 53.9 Å². The van der Waals surface area contributed by atoms with Crippen LogP contribution in [0.4, 0.5) is 18.9 Å². The van der Waals surface area contributed by atoms with Crippen LogP contribution in [0.5, 0.6) is 0 Å². The van der Waals surface area contributed by atoms with E-state index in [1.54, 1.807) is 6.92 Å². The van der Waals surface area contributed by atoms with Gasteiger partial charge in [-0.1, -0.05) is 30.3 Å². The zero-order chi connectivity index (χ0) is 25.6. The molecule has 3 rings (SSSR count). The Balaban J connectivity index is 0.00000456. The summed E-state index contributed by atoms with van der Waals surface area (Å²) in [6.45, 7) is 0.967. The van der Waals surface area contributed by atoms with Gasteiger partial charge in [-0.05, 0) is 43.5 Å². The lowest BCUT2D eigenvalue weighted by atomic mass is 10.0. The van der Waals surface area contributed by atoms with Crippen LogP contribution in [0.3, 0.4) is 0 Å². The summed E-state index contributed by atoms with van der Waals surface area (Å²) in [4.78, 5) is 38.6. The van der Waals surface area contributed by atoms with Crippen molar-refractivity contribution in [2.75, 3.05) is 23.8 Å². The number of rotatable bonds is 9. The number of benzene rings is 2. The molecule has 1 aliphatic heterocycles. The first-order chi connectivity index (χ1) is 16.6. The number of halogens is 4. The molecule has 36 heavy (non-hydrogen) atoms. The summed E-state index contributed by atoms with van der Waals surface area (Å²) >= 11 is 1.12. The average molecular weight is 547 g/mol. The first-order valence-electron chi connectivity index (χ1n) is 10.9. The number of aliphatic carboxylic acids is 1. The van der Waals surface area contributed by atoms with Crippen LogP contribution in [0.25, 0.3) is 0 Å². The van der Waals surface area contributed by atoms with Crippen LogP contribution in [0.1, 0.15) is 24.5 Å². The van der Waals surface area contributed by atoms with E-state index in [0.29, 0.717) is 17.7 Å². The smallest absolute Gasteiger partial charge is 0.416 e. The van der Waals surface area contributed by atoms with Gasteiger partial charge < -0.3 is 9.84 Å². The lowest BCUT2D eigenvalue weighted by Gasteiger charge is -2.27. The minimum Gasteiger partial charge on any atom is -0.480 e. The van der Waals surface area contributed by atoms with Crippen molar-refractivity contribution < 1.29 is 37.4 Å². The van der Waals surface area contributed by atoms with Crippen molar-refractivity contribution in [1.29, 1.82) is 0 Å². The van der Waals surface area contributed by atoms with Gasteiger partial charge in [-0.25, -0.2) is 0 Å². The van der Waals surface area contributed by atoms with E-state index in [4.69, 9.17) is 4.74 Å². The number of nitrogens with one attached hydrogen (secondary N) is 1. The van der Waals surface area contributed by atoms with Gasteiger partial charge in [0.2, 0.25) is 5.91 Å². The van der Waals surface area contributed by atoms with E-state index in [9.17, 15) is 32.7 Å². The number of aryl methyl sites for hydroxylation is 1. The number of hydrogen-bond acceptors (Lipinski definition) is 6. The Hall–Kier alpha value is -2.76. The number of amides is 1. The third-order valence-corrected chi connectivity index (χ3v) is 6.53. The Kier molecular flexibility index (Phi) is 10.6. The van der Waals surface area contributed by atoms with Gasteiger partial charge in [0.1, 0.15) is 12.6 Å². The standard InChI is InChI=1S/C24H25F3N2O5S.ClH/c1-2-34-23(33)17(10-8-15-6-4-3-5-7-15)28-18-14-35-20-11-9-16(24(25,26)27)12-19(20)29(22(18)32)13-21(30)31;/h3-7,9,11-12,17-18,28H,2,8,10,13-14H2,1H3,(H,30,31);1H/t17?,18-;/m0./s1. The number of carbonyl (C=O) groups is 3. The molecule has 0 radical (unpaired) electrons. The van der Waals surface area contributed by atoms with Crippen LogP contribution in [0.15, 0.2) is 53.4 Å². The molecule has 0 spiro atoms. The lowest BCUT2D eigenvalue weighted by molar-refractivity contribution is -0.146. The highest BCUT2D eigenvalue weighted by atomic mass is 35.5. The summed E-state index contributed by atoms with van der Waals surface area (Å²) < 4.78 is 45.0. The van der Waals surface area contributed by atoms with Gasteiger partial charge in [0.25, 0.3) is 0 Å². The maximum atomic E-state index is 13.3. The largest absolute Gasteiger partial charge is 0.480 e. The number of carbonyl (C=O) groups excluding carboxylic acids is 2. The predicted octanol–water partition coefficient (Wildman–Crippen LogP) is 4.17. The zero-order valence-electron chi connectivity index (χ0n) is 19.3. The third-order valence-electron chi connectivity index (χ3n) is 5.38. The minimum absolute atomic E-state index is 0. The Labute approximate surface area is 216 Å². The maximum Gasteiger partial charge on any atom is 0.416 e. The molecule has 2 atom stereocenters. The molecule has 0 saturated carbocycles. The molecule has 1 heterocycles. The van der Waals surface area contributed by atoms with E-state index in [0.717, 1.165) is 34.4 Å². The van der Waals surface area contributed by atoms with Crippen molar-refractivity contribution in [3.63, 3.8) is 0 Å². The number of thioether (sulfide) groups is 1. The van der Waals surface area contributed by atoms with Crippen LogP contribution >= 0.6 is 24.2 Å². The van der Waals surface area contributed by atoms with Crippen LogP contribution in [0.2, 0.25) is 0 Å². The molecule has 1 aliphatic rings. The van der Waals surface area contributed by atoms with Crippen molar-refractivity contribution in [1.82, 2.24) is 5.32 Å². The quantitative estimate of drug-likeness (QED) is 0.456. The highest BCUT2D eigenvalue weighted by Gasteiger charge is 2.37. The molecule has 0 aromatic heterocycles. The van der Waals surface area contributed by atoms with Crippen LogP contribution in [0, 0.1) is 0 Å². The fourth-order valence-corrected chi connectivity index (χ4v) is 4.77. The van der Waals surface area contributed by atoms with Gasteiger partial charge in [0.15, 0.2) is 0 Å². The average Bonchev–Trinajstić information content (AvgIpc) is 2.93. The van der Waals surface area contributed by atoms with Gasteiger partial charge in [0.05, 0.1) is 23.9 Å². The van der Waals surface area contributed by atoms with Crippen molar-refractivity contribution >= 4 is 47.7 Å². The summed E-state index contributed by atoms with van der Waals surface area (Å²) in [5.74, 6) is -2.58. The van der Waals surface area contributed by atoms with Crippen molar-refractivity contribution in [3.8, 4) is 0 Å². The molecule has 0 aliphatic carbocycles. The van der Waals surface area contributed by atoms with E-state index in [-0.39, 0.29) is 30.5 Å². The number of alkyl halides is 3. The first-order valence-corrected chi connectivity index (χ1v) is 11.9. The van der Waals surface area contributed by atoms with Crippen molar-refractivity contribution in [2.24, 2.45) is 0 Å². The first kappa shape index (κ1) is 29.5. The fourth-order valence-electron chi connectivity index (χ4n) is 3.71.